The Labute approximate surface area is 168 Å². The fourth-order valence-electron chi connectivity index (χ4n) is 3.56. The molecule has 29 heavy (non-hydrogen) atoms. The van der Waals surface area contributed by atoms with Crippen LogP contribution in [-0.2, 0) is 12.6 Å². The van der Waals surface area contributed by atoms with E-state index in [9.17, 15) is 13.2 Å². The first-order chi connectivity index (χ1) is 13.7. The lowest BCUT2D eigenvalue weighted by Gasteiger charge is -2.20. The maximum absolute atomic E-state index is 13.1. The third-order valence-corrected chi connectivity index (χ3v) is 5.22. The van der Waals surface area contributed by atoms with Gasteiger partial charge >= 0.3 is 6.18 Å². The molecule has 0 spiro atoms. The Morgan fingerprint density at radius 2 is 1.86 bits per heavy atom. The van der Waals surface area contributed by atoms with Crippen molar-refractivity contribution >= 4 is 17.2 Å². The van der Waals surface area contributed by atoms with Crippen molar-refractivity contribution in [1.29, 1.82) is 0 Å². The molecule has 1 unspecified atom stereocenters. The molecule has 6 nitrogen and oxygen atoms in total. The van der Waals surface area contributed by atoms with Crippen molar-refractivity contribution in [2.45, 2.75) is 44.8 Å². The second kappa shape index (κ2) is 8.44. The summed E-state index contributed by atoms with van der Waals surface area (Å²) in [4.78, 5) is 11.3. The molecule has 0 amide bonds. The topological polar surface area (TPSA) is 93.1 Å². The Morgan fingerprint density at radius 3 is 2.41 bits per heavy atom. The van der Waals surface area contributed by atoms with Crippen LogP contribution in [0.1, 0.15) is 37.4 Å². The summed E-state index contributed by atoms with van der Waals surface area (Å²) in [6.07, 6.45) is -0.821. The van der Waals surface area contributed by atoms with Gasteiger partial charge < -0.3 is 21.7 Å². The normalized spacial score (nSPS) is 17.1. The lowest BCUT2D eigenvalue weighted by Crippen LogP contribution is -2.30. The number of anilines is 3. The zero-order chi connectivity index (χ0) is 21.2. The van der Waals surface area contributed by atoms with Crippen LogP contribution in [0.4, 0.5) is 30.4 Å². The standard InChI is InChI=1S/C20H27F3N6/c1-3-4-5-13-10-17(29-7-6-14(11-29)26-2)28-19(27-13)18-15(24)8-12(9-16(18)25)20(21,22)23/h8-10,14,26H,3-7,11,24-25H2,1-2H3. The van der Waals surface area contributed by atoms with E-state index in [1.165, 1.54) is 0 Å². The number of aromatic nitrogens is 2. The van der Waals surface area contributed by atoms with Crippen LogP contribution in [0.2, 0.25) is 0 Å². The fraction of sp³-hybridized carbons (Fsp3) is 0.500. The van der Waals surface area contributed by atoms with Gasteiger partial charge in [-0.1, -0.05) is 13.3 Å². The van der Waals surface area contributed by atoms with Crippen LogP contribution in [0.15, 0.2) is 18.2 Å². The van der Waals surface area contributed by atoms with Gasteiger partial charge in [0, 0.05) is 42.3 Å². The highest BCUT2D eigenvalue weighted by Crippen LogP contribution is 2.38. The van der Waals surface area contributed by atoms with E-state index in [1.807, 2.05) is 13.1 Å². The number of aryl methyl sites for hydroxylation is 1. The Morgan fingerprint density at radius 1 is 1.17 bits per heavy atom. The van der Waals surface area contributed by atoms with E-state index in [1.54, 1.807) is 0 Å². The summed E-state index contributed by atoms with van der Waals surface area (Å²) in [6.45, 7) is 3.73. The molecule has 1 saturated heterocycles. The molecule has 0 saturated carbocycles. The van der Waals surface area contributed by atoms with Crippen LogP contribution in [0.25, 0.3) is 11.4 Å². The van der Waals surface area contributed by atoms with Gasteiger partial charge in [-0.25, -0.2) is 9.97 Å². The minimum Gasteiger partial charge on any atom is -0.398 e. The number of nitrogens with one attached hydrogen (secondary N) is 1. The Balaban J connectivity index is 2.05. The molecule has 158 valence electrons. The SMILES string of the molecule is CCCCc1cc(N2CCC(NC)C2)nc(-c2c(N)cc(C(F)(F)F)cc2N)n1. The number of halogens is 3. The molecule has 1 aromatic carbocycles. The molecule has 1 aliphatic rings. The molecule has 2 heterocycles. The zero-order valence-corrected chi connectivity index (χ0v) is 16.7. The van der Waals surface area contributed by atoms with Gasteiger partial charge in [-0.2, -0.15) is 13.2 Å². The largest absolute Gasteiger partial charge is 0.416 e. The van der Waals surface area contributed by atoms with Crippen LogP contribution < -0.4 is 21.7 Å². The highest BCUT2D eigenvalue weighted by molar-refractivity contribution is 5.84. The number of rotatable bonds is 6. The molecule has 1 atom stereocenters. The van der Waals surface area contributed by atoms with Crippen molar-refractivity contribution in [3.05, 3.63) is 29.5 Å². The quantitative estimate of drug-likeness (QED) is 0.634. The highest BCUT2D eigenvalue weighted by Gasteiger charge is 2.32. The second-order valence-electron chi connectivity index (χ2n) is 7.39. The number of hydrogen-bond donors (Lipinski definition) is 3. The second-order valence-corrected chi connectivity index (χ2v) is 7.39. The van der Waals surface area contributed by atoms with Gasteiger partial charge in [0.05, 0.1) is 11.1 Å². The minimum absolute atomic E-state index is 0.0783. The molecule has 0 radical (unpaired) electrons. The number of benzene rings is 1. The average Bonchev–Trinajstić information content (AvgIpc) is 3.14. The predicted molar refractivity (Wildman–Crippen MR) is 110 cm³/mol. The molecule has 0 aliphatic carbocycles. The molecule has 1 fully saturated rings. The third kappa shape index (κ3) is 4.72. The molecular formula is C20H27F3N6. The van der Waals surface area contributed by atoms with Crippen LogP contribution >= 0.6 is 0 Å². The van der Waals surface area contributed by atoms with Crippen LogP contribution in [0.5, 0.6) is 0 Å². The van der Waals surface area contributed by atoms with E-state index >= 15 is 0 Å². The monoisotopic (exact) mass is 408 g/mol. The third-order valence-electron chi connectivity index (χ3n) is 5.22. The molecule has 2 aromatic rings. The smallest absolute Gasteiger partial charge is 0.398 e. The molecule has 5 N–H and O–H groups in total. The van der Waals surface area contributed by atoms with Crippen LogP contribution in [-0.4, -0.2) is 36.1 Å². The Kier molecular flexibility index (Phi) is 6.16. The Bertz CT molecular complexity index is 845. The first-order valence-electron chi connectivity index (χ1n) is 9.79. The molecule has 3 rings (SSSR count). The lowest BCUT2D eigenvalue weighted by molar-refractivity contribution is -0.137. The number of unbranched alkanes of at least 4 members (excludes halogenated alkanes) is 1. The molecule has 1 aromatic heterocycles. The molecule has 9 heteroatoms. The minimum atomic E-state index is -4.52. The van der Waals surface area contributed by atoms with Crippen molar-refractivity contribution in [3.8, 4) is 11.4 Å². The van der Waals surface area contributed by atoms with Gasteiger partial charge in [0.1, 0.15) is 5.82 Å². The predicted octanol–water partition coefficient (Wildman–Crippen LogP) is 3.47. The number of likely N-dealkylation sites (N-methyl/N-ethyl adjacent to an activating group) is 1. The van der Waals surface area contributed by atoms with Crippen molar-refractivity contribution in [2.75, 3.05) is 36.5 Å². The van der Waals surface area contributed by atoms with E-state index in [4.69, 9.17) is 11.5 Å². The maximum Gasteiger partial charge on any atom is 0.416 e. The maximum atomic E-state index is 13.1. The molecular weight excluding hydrogens is 381 g/mol. The number of alkyl halides is 3. The number of nitrogens with zero attached hydrogens (tertiary/aromatic N) is 3. The highest BCUT2D eigenvalue weighted by atomic mass is 19.4. The summed E-state index contributed by atoms with van der Waals surface area (Å²) in [6, 6.07) is 4.10. The van der Waals surface area contributed by atoms with E-state index < -0.39 is 11.7 Å². The fourth-order valence-corrected chi connectivity index (χ4v) is 3.56. The van der Waals surface area contributed by atoms with Crippen molar-refractivity contribution in [3.63, 3.8) is 0 Å². The van der Waals surface area contributed by atoms with Crippen molar-refractivity contribution in [2.24, 2.45) is 0 Å². The van der Waals surface area contributed by atoms with Crippen molar-refractivity contribution in [1.82, 2.24) is 15.3 Å². The summed E-state index contributed by atoms with van der Waals surface area (Å²) in [5.74, 6) is 1.02. The molecule has 1 aliphatic heterocycles. The average molecular weight is 408 g/mol. The number of nitrogens with two attached hydrogens (primary N) is 2. The van der Waals surface area contributed by atoms with E-state index in [0.717, 1.165) is 62.4 Å². The van der Waals surface area contributed by atoms with Gasteiger partial charge in [-0.05, 0) is 38.4 Å². The summed E-state index contributed by atoms with van der Waals surface area (Å²) in [5.41, 5.74) is 12.0. The number of hydrogen-bond acceptors (Lipinski definition) is 6. The van der Waals surface area contributed by atoms with Gasteiger partial charge in [0.15, 0.2) is 5.82 Å². The van der Waals surface area contributed by atoms with Crippen molar-refractivity contribution < 1.29 is 13.2 Å². The van der Waals surface area contributed by atoms with Crippen LogP contribution in [0.3, 0.4) is 0 Å². The number of nitrogen functional groups attached to an aromatic ring is 2. The summed E-state index contributed by atoms with van der Waals surface area (Å²) < 4.78 is 39.2. The van der Waals surface area contributed by atoms with Crippen LogP contribution in [0, 0.1) is 0 Å². The lowest BCUT2D eigenvalue weighted by atomic mass is 10.0. The first-order valence-corrected chi connectivity index (χ1v) is 9.79. The first kappa shape index (κ1) is 21.2. The van der Waals surface area contributed by atoms with Gasteiger partial charge in [0.2, 0.25) is 0 Å². The summed E-state index contributed by atoms with van der Waals surface area (Å²) in [5, 5.41) is 3.27. The Hall–Kier alpha value is -2.55. The van der Waals surface area contributed by atoms with E-state index in [0.29, 0.717) is 6.04 Å². The van der Waals surface area contributed by atoms with Gasteiger partial charge in [-0.3, -0.25) is 0 Å². The van der Waals surface area contributed by atoms with E-state index in [-0.39, 0.29) is 22.8 Å². The molecule has 0 bridgehead atoms. The van der Waals surface area contributed by atoms with Gasteiger partial charge in [-0.15, -0.1) is 0 Å². The van der Waals surface area contributed by atoms with E-state index in [2.05, 4.69) is 27.1 Å². The zero-order valence-electron chi connectivity index (χ0n) is 16.7. The summed E-state index contributed by atoms with van der Waals surface area (Å²) in [7, 11) is 1.93. The van der Waals surface area contributed by atoms with Gasteiger partial charge in [0.25, 0.3) is 0 Å². The summed E-state index contributed by atoms with van der Waals surface area (Å²) >= 11 is 0.